The van der Waals surface area contributed by atoms with E-state index in [0.29, 0.717) is 5.92 Å². The lowest BCUT2D eigenvalue weighted by atomic mass is 9.99. The first-order valence-corrected chi connectivity index (χ1v) is 10.3. The molecule has 1 atom stereocenters. The van der Waals surface area contributed by atoms with Crippen molar-refractivity contribution in [2.24, 2.45) is 5.92 Å². The summed E-state index contributed by atoms with van der Waals surface area (Å²) < 4.78 is 29.3. The zero-order chi connectivity index (χ0) is 17.1. The predicted molar refractivity (Wildman–Crippen MR) is 96.1 cm³/mol. The van der Waals surface area contributed by atoms with E-state index in [1.807, 2.05) is 6.92 Å². The first-order chi connectivity index (χ1) is 11.0. The third kappa shape index (κ3) is 8.52. The highest BCUT2D eigenvalue weighted by Gasteiger charge is 2.15. The highest BCUT2D eigenvalue weighted by molar-refractivity contribution is 7.86. The number of benzene rings is 1. The van der Waals surface area contributed by atoms with Crippen LogP contribution in [0.25, 0.3) is 0 Å². The fraction of sp³-hybridized carbons (Fsp3) is 0.684. The van der Waals surface area contributed by atoms with Gasteiger partial charge in [0.2, 0.25) is 0 Å². The van der Waals surface area contributed by atoms with E-state index in [1.165, 1.54) is 38.5 Å². The Balaban J connectivity index is 2.21. The zero-order valence-corrected chi connectivity index (χ0v) is 15.7. The molecule has 1 rings (SSSR count). The van der Waals surface area contributed by atoms with Gasteiger partial charge in [-0.25, -0.2) is 0 Å². The van der Waals surface area contributed by atoms with E-state index in [1.54, 1.807) is 24.3 Å². The van der Waals surface area contributed by atoms with Gasteiger partial charge in [-0.05, 0) is 31.4 Å². The molecule has 0 N–H and O–H groups in total. The number of aryl methyl sites for hydroxylation is 1. The van der Waals surface area contributed by atoms with Crippen molar-refractivity contribution in [3.63, 3.8) is 0 Å². The summed E-state index contributed by atoms with van der Waals surface area (Å²) in [5.74, 6) is 0.509. The average Bonchev–Trinajstić information content (AvgIpc) is 2.51. The molecule has 0 spiro atoms. The SMILES string of the molecule is CCCCCCCC[C@@H](C)CCOS(=O)(=O)c1ccc(C)cc1. The second-order valence-corrected chi connectivity index (χ2v) is 8.15. The molecule has 0 fully saturated rings. The molecule has 1 aromatic rings. The minimum Gasteiger partial charge on any atom is -0.266 e. The molecule has 23 heavy (non-hydrogen) atoms. The second kappa shape index (κ2) is 10.8. The van der Waals surface area contributed by atoms with Gasteiger partial charge in [-0.1, -0.05) is 76.5 Å². The highest BCUT2D eigenvalue weighted by atomic mass is 32.2. The van der Waals surface area contributed by atoms with Gasteiger partial charge in [0.1, 0.15) is 0 Å². The van der Waals surface area contributed by atoms with Crippen LogP contribution in [-0.4, -0.2) is 15.0 Å². The van der Waals surface area contributed by atoms with Crippen LogP contribution >= 0.6 is 0 Å². The van der Waals surface area contributed by atoms with E-state index in [4.69, 9.17) is 4.18 Å². The van der Waals surface area contributed by atoms with Crippen molar-refractivity contribution in [2.75, 3.05) is 6.61 Å². The molecule has 0 unspecified atom stereocenters. The van der Waals surface area contributed by atoms with Gasteiger partial charge in [0.05, 0.1) is 11.5 Å². The lowest BCUT2D eigenvalue weighted by molar-refractivity contribution is 0.280. The third-order valence-electron chi connectivity index (χ3n) is 4.21. The molecule has 0 aromatic heterocycles. The zero-order valence-electron chi connectivity index (χ0n) is 14.9. The monoisotopic (exact) mass is 340 g/mol. The minimum absolute atomic E-state index is 0.242. The molecule has 0 saturated carbocycles. The lowest BCUT2D eigenvalue weighted by Crippen LogP contribution is -2.10. The van der Waals surface area contributed by atoms with Crippen molar-refractivity contribution in [3.05, 3.63) is 29.8 Å². The van der Waals surface area contributed by atoms with Gasteiger partial charge in [-0.2, -0.15) is 8.42 Å². The largest absolute Gasteiger partial charge is 0.296 e. The van der Waals surface area contributed by atoms with Gasteiger partial charge in [-0.3, -0.25) is 4.18 Å². The van der Waals surface area contributed by atoms with Gasteiger partial charge in [0.25, 0.3) is 10.1 Å². The van der Waals surface area contributed by atoms with Crippen LogP contribution in [0.5, 0.6) is 0 Å². The van der Waals surface area contributed by atoms with Gasteiger partial charge in [-0.15, -0.1) is 0 Å². The van der Waals surface area contributed by atoms with Crippen LogP contribution in [0.3, 0.4) is 0 Å². The molecule has 0 aliphatic carbocycles. The highest BCUT2D eigenvalue weighted by Crippen LogP contribution is 2.17. The molecule has 3 nitrogen and oxygen atoms in total. The normalized spacial score (nSPS) is 13.2. The molecular formula is C19H32O3S. The summed E-state index contributed by atoms with van der Waals surface area (Å²) >= 11 is 0. The van der Waals surface area contributed by atoms with Crippen LogP contribution in [0.4, 0.5) is 0 Å². The van der Waals surface area contributed by atoms with Crippen molar-refractivity contribution >= 4 is 10.1 Å². The first kappa shape index (κ1) is 20.2. The van der Waals surface area contributed by atoms with Crippen molar-refractivity contribution in [2.45, 2.75) is 77.0 Å². The van der Waals surface area contributed by atoms with Crippen molar-refractivity contribution in [3.8, 4) is 0 Å². The number of hydrogen-bond donors (Lipinski definition) is 0. The summed E-state index contributed by atoms with van der Waals surface area (Å²) in [4.78, 5) is 0.242. The van der Waals surface area contributed by atoms with Gasteiger partial charge >= 0.3 is 0 Å². The second-order valence-electron chi connectivity index (χ2n) is 6.54. The Bertz CT molecular complexity index is 520. The van der Waals surface area contributed by atoms with Crippen molar-refractivity contribution in [1.29, 1.82) is 0 Å². The molecule has 4 heteroatoms. The van der Waals surface area contributed by atoms with Crippen LogP contribution in [-0.2, 0) is 14.3 Å². The Morgan fingerprint density at radius 1 is 0.957 bits per heavy atom. The standard InChI is InChI=1S/C19H32O3S/c1-4-5-6-7-8-9-10-17(2)15-16-22-23(20,21)19-13-11-18(3)12-14-19/h11-14,17H,4-10,15-16H2,1-3H3/t17-/m1/s1. The number of rotatable bonds is 12. The lowest BCUT2D eigenvalue weighted by Gasteiger charge is -2.11. The first-order valence-electron chi connectivity index (χ1n) is 8.92. The van der Waals surface area contributed by atoms with Gasteiger partial charge in [0, 0.05) is 0 Å². The minimum atomic E-state index is -3.61. The Morgan fingerprint density at radius 2 is 1.57 bits per heavy atom. The summed E-state index contributed by atoms with van der Waals surface area (Å²) in [6.07, 6.45) is 9.73. The van der Waals surface area contributed by atoms with E-state index in [-0.39, 0.29) is 11.5 Å². The van der Waals surface area contributed by atoms with Crippen LogP contribution in [0.15, 0.2) is 29.2 Å². The van der Waals surface area contributed by atoms with E-state index in [9.17, 15) is 8.42 Å². The molecule has 0 saturated heterocycles. The van der Waals surface area contributed by atoms with Crippen molar-refractivity contribution in [1.82, 2.24) is 0 Å². The Hall–Kier alpha value is -0.870. The molecule has 0 amide bonds. The molecule has 1 aromatic carbocycles. The van der Waals surface area contributed by atoms with Crippen LogP contribution in [0.1, 0.15) is 70.8 Å². The van der Waals surface area contributed by atoms with Gasteiger partial charge in [0.15, 0.2) is 0 Å². The van der Waals surface area contributed by atoms with E-state index in [2.05, 4.69) is 13.8 Å². The molecule has 0 heterocycles. The molecule has 132 valence electrons. The molecule has 0 radical (unpaired) electrons. The molecule has 0 aliphatic heterocycles. The Labute approximate surface area is 142 Å². The van der Waals surface area contributed by atoms with E-state index in [0.717, 1.165) is 18.4 Å². The topological polar surface area (TPSA) is 43.4 Å². The molecule has 0 aliphatic rings. The average molecular weight is 341 g/mol. The fourth-order valence-electron chi connectivity index (χ4n) is 2.55. The quantitative estimate of drug-likeness (QED) is 0.374. The maximum Gasteiger partial charge on any atom is 0.296 e. The number of hydrogen-bond acceptors (Lipinski definition) is 3. The summed E-state index contributed by atoms with van der Waals surface area (Å²) in [6, 6.07) is 6.78. The van der Waals surface area contributed by atoms with Crippen LogP contribution in [0, 0.1) is 12.8 Å². The summed E-state index contributed by atoms with van der Waals surface area (Å²) in [5, 5.41) is 0. The Kier molecular flexibility index (Phi) is 9.49. The predicted octanol–water partition coefficient (Wildman–Crippen LogP) is 5.48. The van der Waals surface area contributed by atoms with E-state index >= 15 is 0 Å². The fourth-order valence-corrected chi connectivity index (χ4v) is 3.47. The Morgan fingerprint density at radius 3 is 2.22 bits per heavy atom. The van der Waals surface area contributed by atoms with Crippen LogP contribution < -0.4 is 0 Å². The summed E-state index contributed by atoms with van der Waals surface area (Å²) in [5.41, 5.74) is 1.04. The number of unbranched alkanes of at least 4 members (excludes halogenated alkanes) is 5. The molecule has 0 bridgehead atoms. The maximum absolute atomic E-state index is 12.1. The summed E-state index contributed by atoms with van der Waals surface area (Å²) in [7, 11) is -3.61. The van der Waals surface area contributed by atoms with Crippen molar-refractivity contribution < 1.29 is 12.6 Å². The van der Waals surface area contributed by atoms with E-state index < -0.39 is 10.1 Å². The van der Waals surface area contributed by atoms with Crippen LogP contribution in [0.2, 0.25) is 0 Å². The molecular weight excluding hydrogens is 308 g/mol. The summed E-state index contributed by atoms with van der Waals surface area (Å²) in [6.45, 7) is 6.61. The van der Waals surface area contributed by atoms with Gasteiger partial charge < -0.3 is 0 Å². The maximum atomic E-state index is 12.1. The third-order valence-corrected chi connectivity index (χ3v) is 5.54. The smallest absolute Gasteiger partial charge is 0.266 e.